The van der Waals surface area contributed by atoms with E-state index in [0.29, 0.717) is 32.7 Å². The zero-order valence-corrected chi connectivity index (χ0v) is 44.7. The van der Waals surface area contributed by atoms with E-state index in [9.17, 15) is 43.8 Å². The number of nitrogens with zero attached hydrogens (tertiary/aromatic N) is 6. The van der Waals surface area contributed by atoms with Crippen molar-refractivity contribution in [1.29, 1.82) is 0 Å². The molecular formula is C48H40N12O10S6. The smallest absolute Gasteiger partial charge is 0.306 e. The van der Waals surface area contributed by atoms with Gasteiger partial charge < -0.3 is 46.9 Å². The number of carbonyl (C=O) groups excluding carboxylic acids is 7. The first-order valence-electron chi connectivity index (χ1n) is 22.9. The van der Waals surface area contributed by atoms with Crippen molar-refractivity contribution in [3.8, 4) is 38.4 Å². The molecule has 2 aliphatic heterocycles. The number of hydrogen-bond donors (Lipinski definition) is 8. The molecule has 0 saturated heterocycles. The Morgan fingerprint density at radius 1 is 0.789 bits per heavy atom. The Bertz CT molecular complexity index is 3700. The van der Waals surface area contributed by atoms with Crippen molar-refractivity contribution in [3.63, 3.8) is 0 Å². The van der Waals surface area contributed by atoms with Crippen LogP contribution in [0.2, 0.25) is 0 Å². The molecular weight excluding hydrogens is 1100 g/mol. The second-order valence-corrected chi connectivity index (χ2v) is 22.4. The molecule has 9 heterocycles. The van der Waals surface area contributed by atoms with Gasteiger partial charge in [0.15, 0.2) is 0 Å². The number of fused-ring (bicyclic) bond motifs is 13. The summed E-state index contributed by atoms with van der Waals surface area (Å²) in [4.78, 5) is 127. The topological polar surface area (TPSA) is 336 Å². The van der Waals surface area contributed by atoms with Gasteiger partial charge in [0.25, 0.3) is 23.6 Å². The lowest BCUT2D eigenvalue weighted by atomic mass is 10.1. The molecule has 1 aromatic carbocycles. The molecule has 5 amide bonds. The highest BCUT2D eigenvalue weighted by Gasteiger charge is 2.32. The highest BCUT2D eigenvalue weighted by molar-refractivity contribution is 8.14. The Balaban J connectivity index is 1.11. The van der Waals surface area contributed by atoms with E-state index in [0.717, 1.165) is 68.4 Å². The van der Waals surface area contributed by atoms with Gasteiger partial charge in [0.2, 0.25) is 11.0 Å². The lowest BCUT2D eigenvalue weighted by Gasteiger charge is -2.21. The summed E-state index contributed by atoms with van der Waals surface area (Å²) >= 11 is 6.16. The van der Waals surface area contributed by atoms with Crippen LogP contribution in [-0.4, -0.2) is 104 Å². The summed E-state index contributed by atoms with van der Waals surface area (Å²) in [6.07, 6.45) is -0.0653. The van der Waals surface area contributed by atoms with Crippen molar-refractivity contribution in [1.82, 2.24) is 56.2 Å². The number of H-pyrrole nitrogens is 1. The molecule has 76 heavy (non-hydrogen) atoms. The Morgan fingerprint density at radius 2 is 1.43 bits per heavy atom. The van der Waals surface area contributed by atoms with Gasteiger partial charge in [0, 0.05) is 55.5 Å². The predicted octanol–water partition coefficient (Wildman–Crippen LogP) is 6.28. The molecule has 12 bridgehead atoms. The van der Waals surface area contributed by atoms with Crippen LogP contribution in [0.5, 0.6) is 5.75 Å². The molecule has 8 aromatic rings. The predicted molar refractivity (Wildman–Crippen MR) is 286 cm³/mol. The number of aliphatic hydroxyl groups is 1. The molecule has 388 valence electrons. The highest BCUT2D eigenvalue weighted by Crippen LogP contribution is 2.41. The molecule has 0 saturated carbocycles. The minimum Gasteiger partial charge on any atom is -0.506 e. The number of aliphatic hydroxyl groups excluding tert-OH is 1. The van der Waals surface area contributed by atoms with Gasteiger partial charge in [0.05, 0.1) is 29.6 Å². The van der Waals surface area contributed by atoms with Crippen LogP contribution in [0.15, 0.2) is 57.2 Å². The van der Waals surface area contributed by atoms with Crippen LogP contribution in [0.1, 0.15) is 117 Å². The fourth-order valence-corrected chi connectivity index (χ4v) is 13.4. The summed E-state index contributed by atoms with van der Waals surface area (Å²) in [7, 11) is 0. The molecule has 0 aliphatic carbocycles. The number of nitrogens with two attached hydrogens (primary N) is 1. The first-order chi connectivity index (χ1) is 36.5. The number of aromatic amines is 1. The van der Waals surface area contributed by atoms with Crippen LogP contribution in [-0.2, 0) is 20.9 Å². The number of aryl methyl sites for hydroxylation is 1. The molecule has 28 heteroatoms. The van der Waals surface area contributed by atoms with Crippen molar-refractivity contribution >= 4 is 126 Å². The Morgan fingerprint density at radius 3 is 2.16 bits per heavy atom. The SMILES string of the molecule is C/C=C1/NC(=O)C(C(C)O)NC(=O)c2csc(n2)-c2cc(O)c(-c3nc(C(N)=O)cs3)nc2-c2csc(n2)C2CSC(=O)c3[nH]c4cccc(c4c3C)COC(=O)CCC(NC(=O)c3csc1n3)c1nc(cs1)C(=O)N2. The Hall–Kier alpha value is -7.60. The van der Waals surface area contributed by atoms with Crippen LogP contribution in [0.25, 0.3) is 49.3 Å². The van der Waals surface area contributed by atoms with Crippen molar-refractivity contribution in [2.75, 3.05) is 5.75 Å². The van der Waals surface area contributed by atoms with Gasteiger partial charge in [-0.1, -0.05) is 30.0 Å². The quantitative estimate of drug-likeness (QED) is 0.0902. The van der Waals surface area contributed by atoms with Crippen LogP contribution in [0.4, 0.5) is 0 Å². The average Bonchev–Trinajstić information content (AvgIpc) is 4.28. The fourth-order valence-electron chi connectivity index (χ4n) is 8.15. The molecule has 9 N–H and O–H groups in total. The number of rotatable bonds is 3. The number of esters is 1. The number of hydrogen-bond acceptors (Lipinski definition) is 22. The Labute approximate surface area is 453 Å². The largest absolute Gasteiger partial charge is 0.506 e. The number of thiazole rings is 5. The zero-order chi connectivity index (χ0) is 53.5. The van der Waals surface area contributed by atoms with Gasteiger partial charge in [-0.2, -0.15) is 0 Å². The third-order valence-electron chi connectivity index (χ3n) is 12.0. The van der Waals surface area contributed by atoms with Gasteiger partial charge in [-0.3, -0.25) is 33.6 Å². The lowest BCUT2D eigenvalue weighted by Crippen LogP contribution is -2.52. The van der Waals surface area contributed by atoms with Gasteiger partial charge >= 0.3 is 5.97 Å². The summed E-state index contributed by atoms with van der Waals surface area (Å²) in [5, 5.41) is 42.4. The fraction of sp³-hybridized carbons (Fsp3) is 0.229. The number of thioether (sulfide) groups is 1. The number of primary amides is 1. The minimum atomic E-state index is -1.51. The molecule has 2 aliphatic rings. The van der Waals surface area contributed by atoms with E-state index in [4.69, 9.17) is 20.4 Å². The summed E-state index contributed by atoms with van der Waals surface area (Å²) in [5.41, 5.74) is 8.10. The second kappa shape index (κ2) is 21.6. The normalized spacial score (nSPS) is 18.9. The van der Waals surface area contributed by atoms with Crippen LogP contribution < -0.4 is 27.0 Å². The molecule has 22 nitrogen and oxygen atoms in total. The number of carbonyl (C=O) groups is 7. The van der Waals surface area contributed by atoms with Gasteiger partial charge in [-0.05, 0) is 50.5 Å². The van der Waals surface area contributed by atoms with Gasteiger partial charge in [-0.25, -0.2) is 29.9 Å². The standard InChI is InChI=1S/C48H40N12O10S6/c1-4-22-44-57-27(15-73-44)39(65)52-24-8-9-32(63)70-11-20-6-5-7-23-33(20)18(2)34(50-23)48(69)76-17-30(53-40(66)28-16-74-45(24)58-28)46-54-25(12-72-46)36-21(10-31(62)37(59-36)47-55-26(13-75-47)38(49)64)43-56-29(14-71-43)41(67)60-35(19(3)61)42(68)51-22/h4-7,10,12-16,19,24,30,35,50,61-62H,8-9,11,17H2,1-3H3,(H2,49,64)(H,51,68)(H,52,65)(H,53,66)(H,60,67)/b22-4+. The number of allylic oxidation sites excluding steroid dienone is 1. The van der Waals surface area contributed by atoms with E-state index in [1.54, 1.807) is 31.4 Å². The molecule has 7 aromatic heterocycles. The number of nitrogens with one attached hydrogen (secondary N) is 5. The summed E-state index contributed by atoms with van der Waals surface area (Å²) < 4.78 is 5.76. The number of benzene rings is 1. The number of aromatic hydroxyl groups is 1. The van der Waals surface area contributed by atoms with Crippen LogP contribution in [0, 0.1) is 6.92 Å². The van der Waals surface area contributed by atoms with Crippen molar-refractivity contribution in [3.05, 3.63) is 112 Å². The van der Waals surface area contributed by atoms with E-state index < -0.39 is 59.7 Å². The van der Waals surface area contributed by atoms with E-state index in [-0.39, 0.29) is 107 Å². The van der Waals surface area contributed by atoms with Crippen molar-refractivity contribution in [2.24, 2.45) is 5.73 Å². The number of amides is 5. The maximum absolute atomic E-state index is 14.4. The molecule has 4 atom stereocenters. The number of cyclic esters (lactones) is 1. The lowest BCUT2D eigenvalue weighted by molar-refractivity contribution is -0.145. The molecule has 4 unspecified atom stereocenters. The average molecular weight is 1140 g/mol. The second-order valence-electron chi connectivity index (χ2n) is 17.1. The van der Waals surface area contributed by atoms with E-state index >= 15 is 0 Å². The monoisotopic (exact) mass is 1140 g/mol. The third-order valence-corrected chi connectivity index (χ3v) is 17.5. The van der Waals surface area contributed by atoms with Crippen molar-refractivity contribution in [2.45, 2.75) is 64.4 Å². The summed E-state index contributed by atoms with van der Waals surface area (Å²) in [6.45, 7) is 4.61. The minimum absolute atomic E-state index is 0.00234. The first-order valence-corrected chi connectivity index (χ1v) is 28.2. The maximum Gasteiger partial charge on any atom is 0.306 e. The van der Waals surface area contributed by atoms with Gasteiger partial charge in [-0.15, -0.1) is 56.7 Å². The number of aromatic nitrogens is 7. The first kappa shape index (κ1) is 51.9. The van der Waals surface area contributed by atoms with E-state index in [2.05, 4.69) is 46.2 Å². The van der Waals surface area contributed by atoms with E-state index in [1.807, 2.05) is 6.07 Å². The number of ether oxygens (including phenoxy) is 1. The van der Waals surface area contributed by atoms with Crippen molar-refractivity contribution < 1.29 is 48.5 Å². The third kappa shape index (κ3) is 10.5. The van der Waals surface area contributed by atoms with Gasteiger partial charge in [0.1, 0.15) is 83.3 Å². The molecule has 0 fully saturated rings. The molecule has 10 rings (SSSR count). The van der Waals surface area contributed by atoms with E-state index in [1.165, 1.54) is 40.6 Å². The zero-order valence-electron chi connectivity index (χ0n) is 39.8. The summed E-state index contributed by atoms with van der Waals surface area (Å²) in [5.74, 6) is -4.75. The molecule has 0 spiro atoms. The number of pyridine rings is 1. The van der Waals surface area contributed by atoms with Crippen LogP contribution in [0.3, 0.4) is 0 Å². The Kier molecular flexibility index (Phi) is 14.7. The van der Waals surface area contributed by atoms with Crippen LogP contribution >= 0.6 is 68.4 Å². The molecule has 0 radical (unpaired) electrons. The maximum atomic E-state index is 14.4. The summed E-state index contributed by atoms with van der Waals surface area (Å²) in [6, 6.07) is 3.33. The highest BCUT2D eigenvalue weighted by atomic mass is 32.2.